The van der Waals surface area contributed by atoms with Crippen molar-refractivity contribution >= 4 is 22.1 Å². The first-order chi connectivity index (χ1) is 10.2. The molecule has 21 heavy (non-hydrogen) atoms. The molecule has 0 saturated carbocycles. The molecule has 0 unspecified atom stereocenters. The quantitative estimate of drug-likeness (QED) is 0.611. The number of aryl methyl sites for hydroxylation is 1. The van der Waals surface area contributed by atoms with Crippen molar-refractivity contribution in [2.24, 2.45) is 7.05 Å². The van der Waals surface area contributed by atoms with Gasteiger partial charge in [-0.2, -0.15) is 0 Å². The number of benzene rings is 2. The maximum Gasteiger partial charge on any atom is 0.326 e. The molecule has 5 heteroatoms. The largest absolute Gasteiger partial charge is 0.334 e. The van der Waals surface area contributed by atoms with Crippen LogP contribution in [0.4, 0.5) is 0 Å². The standard InChI is InChI=1S/C16H14N4O/c1-19-10-17-12-7-6-11(8-15(12)19)9-20-14-5-3-2-4-13(14)18-16(20)21/h2-8,10H,9H2,1H3,(H,18,21). The van der Waals surface area contributed by atoms with Crippen LogP contribution in [0.15, 0.2) is 53.6 Å². The molecule has 2 heterocycles. The lowest BCUT2D eigenvalue weighted by Gasteiger charge is -2.04. The number of H-pyrrole nitrogens is 1. The van der Waals surface area contributed by atoms with Gasteiger partial charge in [-0.1, -0.05) is 18.2 Å². The van der Waals surface area contributed by atoms with E-state index in [1.807, 2.05) is 48.0 Å². The van der Waals surface area contributed by atoms with Crippen LogP contribution in [0, 0.1) is 0 Å². The lowest BCUT2D eigenvalue weighted by atomic mass is 10.2. The van der Waals surface area contributed by atoms with Gasteiger partial charge < -0.3 is 9.55 Å². The molecule has 0 saturated heterocycles. The summed E-state index contributed by atoms with van der Waals surface area (Å²) in [5, 5.41) is 0. The Hall–Kier alpha value is -2.82. The lowest BCUT2D eigenvalue weighted by molar-refractivity contribution is 0.787. The number of aromatic nitrogens is 4. The van der Waals surface area contributed by atoms with Gasteiger partial charge in [0.05, 0.1) is 34.9 Å². The van der Waals surface area contributed by atoms with Crippen molar-refractivity contribution in [2.75, 3.05) is 0 Å². The highest BCUT2D eigenvalue weighted by atomic mass is 16.1. The van der Waals surface area contributed by atoms with Crippen LogP contribution < -0.4 is 5.69 Å². The zero-order chi connectivity index (χ0) is 14.4. The molecule has 2 aromatic carbocycles. The Labute approximate surface area is 120 Å². The van der Waals surface area contributed by atoms with Gasteiger partial charge in [-0.05, 0) is 29.8 Å². The summed E-state index contributed by atoms with van der Waals surface area (Å²) in [6, 6.07) is 13.8. The van der Waals surface area contributed by atoms with Gasteiger partial charge in [-0.3, -0.25) is 4.57 Å². The number of aromatic amines is 1. The molecule has 0 aliphatic carbocycles. The number of nitrogens with zero attached hydrogens (tertiary/aromatic N) is 3. The third-order valence-electron chi connectivity index (χ3n) is 3.81. The van der Waals surface area contributed by atoms with E-state index in [1.165, 1.54) is 0 Å². The fraction of sp³-hybridized carbons (Fsp3) is 0.125. The van der Waals surface area contributed by atoms with Crippen LogP contribution in [-0.2, 0) is 13.6 Å². The van der Waals surface area contributed by atoms with Crippen molar-refractivity contribution in [1.29, 1.82) is 0 Å². The average Bonchev–Trinajstić information content (AvgIpc) is 3.01. The van der Waals surface area contributed by atoms with Crippen molar-refractivity contribution in [3.8, 4) is 0 Å². The van der Waals surface area contributed by atoms with E-state index in [1.54, 1.807) is 10.9 Å². The SMILES string of the molecule is Cn1cnc2ccc(Cn3c(=O)[nH]c4ccccc43)cc21. The molecule has 104 valence electrons. The molecule has 2 aromatic heterocycles. The topological polar surface area (TPSA) is 55.6 Å². The first-order valence-corrected chi connectivity index (χ1v) is 6.80. The molecule has 1 N–H and O–H groups in total. The van der Waals surface area contributed by atoms with Gasteiger partial charge in [0.15, 0.2) is 0 Å². The molecular weight excluding hydrogens is 264 g/mol. The summed E-state index contributed by atoms with van der Waals surface area (Å²) in [6.45, 7) is 0.546. The zero-order valence-electron chi connectivity index (χ0n) is 11.6. The highest BCUT2D eigenvalue weighted by Gasteiger charge is 2.08. The van der Waals surface area contributed by atoms with Crippen LogP contribution in [-0.4, -0.2) is 19.1 Å². The van der Waals surface area contributed by atoms with E-state index in [-0.39, 0.29) is 5.69 Å². The van der Waals surface area contributed by atoms with Crippen molar-refractivity contribution in [1.82, 2.24) is 19.1 Å². The van der Waals surface area contributed by atoms with Gasteiger partial charge in [0.1, 0.15) is 0 Å². The Balaban J connectivity index is 1.84. The Morgan fingerprint density at radius 2 is 2.00 bits per heavy atom. The van der Waals surface area contributed by atoms with Gasteiger partial charge in [0, 0.05) is 7.05 Å². The van der Waals surface area contributed by atoms with E-state index >= 15 is 0 Å². The van der Waals surface area contributed by atoms with E-state index in [9.17, 15) is 4.79 Å². The number of imidazole rings is 2. The zero-order valence-corrected chi connectivity index (χ0v) is 11.6. The maximum atomic E-state index is 12.1. The van der Waals surface area contributed by atoms with E-state index in [4.69, 9.17) is 0 Å². The molecule has 0 atom stereocenters. The Morgan fingerprint density at radius 3 is 2.90 bits per heavy atom. The van der Waals surface area contributed by atoms with Gasteiger partial charge in [-0.15, -0.1) is 0 Å². The molecule has 5 nitrogen and oxygen atoms in total. The summed E-state index contributed by atoms with van der Waals surface area (Å²) in [4.78, 5) is 19.3. The fourth-order valence-electron chi connectivity index (χ4n) is 2.72. The molecule has 4 rings (SSSR count). The normalized spacial score (nSPS) is 11.5. The number of nitrogens with one attached hydrogen (secondary N) is 1. The first-order valence-electron chi connectivity index (χ1n) is 6.80. The maximum absolute atomic E-state index is 12.1. The van der Waals surface area contributed by atoms with Crippen LogP contribution >= 0.6 is 0 Å². The van der Waals surface area contributed by atoms with E-state index < -0.39 is 0 Å². The second kappa shape index (κ2) is 4.34. The molecule has 0 bridgehead atoms. The third-order valence-corrected chi connectivity index (χ3v) is 3.81. The van der Waals surface area contributed by atoms with Crippen LogP contribution in [0.25, 0.3) is 22.1 Å². The Bertz CT molecular complexity index is 1010. The smallest absolute Gasteiger partial charge is 0.326 e. The fourth-order valence-corrected chi connectivity index (χ4v) is 2.72. The second-order valence-electron chi connectivity index (χ2n) is 5.21. The number of fused-ring (bicyclic) bond motifs is 2. The minimum atomic E-state index is -0.0821. The van der Waals surface area contributed by atoms with E-state index in [0.717, 1.165) is 27.6 Å². The molecule has 0 fully saturated rings. The van der Waals surface area contributed by atoms with Crippen LogP contribution in [0.5, 0.6) is 0 Å². The lowest BCUT2D eigenvalue weighted by Crippen LogP contribution is -2.17. The number of para-hydroxylation sites is 2. The van der Waals surface area contributed by atoms with Gasteiger partial charge >= 0.3 is 5.69 Å². The highest BCUT2D eigenvalue weighted by molar-refractivity contribution is 5.77. The Morgan fingerprint density at radius 1 is 1.14 bits per heavy atom. The second-order valence-corrected chi connectivity index (χ2v) is 5.21. The molecular formula is C16H14N4O. The summed E-state index contributed by atoms with van der Waals surface area (Å²) < 4.78 is 3.74. The number of hydrogen-bond acceptors (Lipinski definition) is 2. The number of hydrogen-bond donors (Lipinski definition) is 1. The monoisotopic (exact) mass is 278 g/mol. The van der Waals surface area contributed by atoms with Crippen molar-refractivity contribution in [2.45, 2.75) is 6.54 Å². The Kier molecular flexibility index (Phi) is 2.47. The summed E-state index contributed by atoms with van der Waals surface area (Å²) in [5.41, 5.74) is 4.82. The van der Waals surface area contributed by atoms with E-state index in [0.29, 0.717) is 6.54 Å². The van der Waals surface area contributed by atoms with Crippen LogP contribution in [0.1, 0.15) is 5.56 Å². The van der Waals surface area contributed by atoms with Crippen LogP contribution in [0.3, 0.4) is 0 Å². The van der Waals surface area contributed by atoms with Gasteiger partial charge in [0.25, 0.3) is 0 Å². The van der Waals surface area contributed by atoms with Crippen molar-refractivity contribution in [3.63, 3.8) is 0 Å². The molecule has 0 aliphatic heterocycles. The minimum absolute atomic E-state index is 0.0821. The van der Waals surface area contributed by atoms with Gasteiger partial charge in [-0.25, -0.2) is 9.78 Å². The molecule has 4 aromatic rings. The molecule has 0 spiro atoms. The predicted octanol–water partition coefficient (Wildman–Crippen LogP) is 2.26. The average molecular weight is 278 g/mol. The van der Waals surface area contributed by atoms with Crippen LogP contribution in [0.2, 0.25) is 0 Å². The molecule has 0 aliphatic rings. The molecule has 0 amide bonds. The van der Waals surface area contributed by atoms with Crippen molar-refractivity contribution < 1.29 is 0 Å². The first kappa shape index (κ1) is 12.0. The summed E-state index contributed by atoms with van der Waals surface area (Å²) >= 11 is 0. The van der Waals surface area contributed by atoms with E-state index in [2.05, 4.69) is 16.0 Å². The van der Waals surface area contributed by atoms with Gasteiger partial charge in [0.2, 0.25) is 0 Å². The minimum Gasteiger partial charge on any atom is -0.334 e. The molecule has 0 radical (unpaired) electrons. The summed E-state index contributed by atoms with van der Waals surface area (Å²) in [5.74, 6) is 0. The predicted molar refractivity (Wildman–Crippen MR) is 82.4 cm³/mol. The highest BCUT2D eigenvalue weighted by Crippen LogP contribution is 2.16. The van der Waals surface area contributed by atoms with Crippen molar-refractivity contribution in [3.05, 3.63) is 64.8 Å². The third kappa shape index (κ3) is 1.86. The number of rotatable bonds is 2. The summed E-state index contributed by atoms with van der Waals surface area (Å²) in [7, 11) is 1.97. The summed E-state index contributed by atoms with van der Waals surface area (Å²) in [6.07, 6.45) is 1.80.